The van der Waals surface area contributed by atoms with Gasteiger partial charge in [-0.15, -0.1) is 0 Å². The second-order valence-corrected chi connectivity index (χ2v) is 11.5. The number of ether oxygens (including phenoxy) is 2. The van der Waals surface area contributed by atoms with Crippen molar-refractivity contribution in [2.75, 3.05) is 7.11 Å². The van der Waals surface area contributed by atoms with E-state index in [1.54, 1.807) is 30.3 Å². The van der Waals surface area contributed by atoms with Crippen molar-refractivity contribution in [2.45, 2.75) is 63.4 Å². The quantitative estimate of drug-likeness (QED) is 0.302. The van der Waals surface area contributed by atoms with E-state index in [-0.39, 0.29) is 32.9 Å². The van der Waals surface area contributed by atoms with E-state index >= 15 is 0 Å². The number of rotatable bonds is 9. The third kappa shape index (κ3) is 5.76. The molecule has 9 heteroatoms. The maximum Gasteiger partial charge on any atom is 0.298 e. The normalized spacial score (nSPS) is 15.3. The Labute approximate surface area is 222 Å². The summed E-state index contributed by atoms with van der Waals surface area (Å²) in [6.45, 7) is 4.95. The Kier molecular flexibility index (Phi) is 7.94. The van der Waals surface area contributed by atoms with Crippen molar-refractivity contribution in [1.29, 1.82) is 0 Å². The molecule has 202 valence electrons. The Bertz CT molecular complexity index is 1420. The zero-order chi connectivity index (χ0) is 27.7. The average molecular weight is 541 g/mol. The van der Waals surface area contributed by atoms with Crippen LogP contribution in [-0.4, -0.2) is 37.1 Å². The molecule has 0 aromatic heterocycles. The smallest absolute Gasteiger partial charge is 0.298 e. The van der Waals surface area contributed by atoms with Crippen LogP contribution in [0.2, 0.25) is 0 Å². The van der Waals surface area contributed by atoms with Crippen molar-refractivity contribution in [3.8, 4) is 11.5 Å². The monoisotopic (exact) mass is 540 g/mol. The third-order valence-corrected chi connectivity index (χ3v) is 7.97. The maximum atomic E-state index is 13.9. The van der Waals surface area contributed by atoms with Crippen LogP contribution in [0.3, 0.4) is 0 Å². The number of carbonyl (C=O) groups excluding carboxylic acids is 1. The van der Waals surface area contributed by atoms with E-state index in [9.17, 15) is 23.4 Å². The van der Waals surface area contributed by atoms with Gasteiger partial charge in [0.1, 0.15) is 17.1 Å². The lowest BCUT2D eigenvalue weighted by atomic mass is 9.91. The second-order valence-electron chi connectivity index (χ2n) is 9.97. The highest BCUT2D eigenvalue weighted by atomic mass is 32.2. The number of hydrogen-bond acceptors (Lipinski definition) is 8. The Hall–Kier alpha value is -3.24. The first kappa shape index (κ1) is 27.8. The molecule has 1 aliphatic heterocycles. The molecular weight excluding hydrogens is 508 g/mol. The van der Waals surface area contributed by atoms with Crippen LogP contribution in [0.15, 0.2) is 59.5 Å². The fourth-order valence-corrected chi connectivity index (χ4v) is 5.51. The van der Waals surface area contributed by atoms with Gasteiger partial charge in [0.15, 0.2) is 11.9 Å². The summed E-state index contributed by atoms with van der Waals surface area (Å²) < 4.78 is 43.6. The van der Waals surface area contributed by atoms with E-state index < -0.39 is 35.2 Å². The fraction of sp³-hybridized carbons (Fsp3) is 0.345. The summed E-state index contributed by atoms with van der Waals surface area (Å²) in [5.41, 5.74) is 2.44. The molecule has 3 aromatic rings. The van der Waals surface area contributed by atoms with Gasteiger partial charge in [0.25, 0.3) is 10.1 Å². The van der Waals surface area contributed by atoms with Gasteiger partial charge >= 0.3 is 0 Å². The molecule has 38 heavy (non-hydrogen) atoms. The molecule has 1 atom stereocenters. The predicted molar refractivity (Wildman–Crippen MR) is 141 cm³/mol. The molecule has 2 N–H and O–H groups in total. The van der Waals surface area contributed by atoms with E-state index in [4.69, 9.17) is 13.7 Å². The Morgan fingerprint density at radius 1 is 1.05 bits per heavy atom. The zero-order valence-corrected chi connectivity index (χ0v) is 22.7. The van der Waals surface area contributed by atoms with Crippen molar-refractivity contribution < 1.29 is 37.1 Å². The predicted octanol–water partition coefficient (Wildman–Crippen LogP) is 4.42. The molecule has 0 saturated carbocycles. The van der Waals surface area contributed by atoms with Crippen LogP contribution >= 0.6 is 0 Å². The topological polar surface area (TPSA) is 119 Å². The number of aliphatic hydroxyl groups is 2. The number of benzene rings is 3. The first-order valence-electron chi connectivity index (χ1n) is 12.3. The first-order valence-corrected chi connectivity index (χ1v) is 13.7. The molecule has 1 heterocycles. The van der Waals surface area contributed by atoms with Crippen molar-refractivity contribution in [3.63, 3.8) is 0 Å². The van der Waals surface area contributed by atoms with Crippen LogP contribution < -0.4 is 9.47 Å². The minimum atomic E-state index is -4.36. The molecule has 0 amide bonds. The molecule has 1 unspecified atom stereocenters. The van der Waals surface area contributed by atoms with Gasteiger partial charge in [-0.05, 0) is 92.8 Å². The summed E-state index contributed by atoms with van der Waals surface area (Å²) >= 11 is 0. The molecule has 1 aliphatic rings. The lowest BCUT2D eigenvalue weighted by Gasteiger charge is -2.32. The molecule has 0 fully saturated rings. The van der Waals surface area contributed by atoms with Gasteiger partial charge in [0.05, 0.1) is 25.2 Å². The minimum Gasteiger partial charge on any atom is -0.496 e. The highest BCUT2D eigenvalue weighted by Gasteiger charge is 2.33. The van der Waals surface area contributed by atoms with Crippen LogP contribution in [0.25, 0.3) is 0 Å². The van der Waals surface area contributed by atoms with Gasteiger partial charge in [-0.2, -0.15) is 8.42 Å². The van der Waals surface area contributed by atoms with Gasteiger partial charge in [-0.1, -0.05) is 17.7 Å². The Balaban J connectivity index is 1.81. The summed E-state index contributed by atoms with van der Waals surface area (Å²) in [7, 11) is -2.98. The number of Topliss-reactive ketones (excluding diaryl/α,β-unsaturated/α-hetero) is 1. The fourth-order valence-electron chi connectivity index (χ4n) is 4.48. The SMILES string of the molecule is COc1cc(C(OS(=O)(=O)c2ccc(C)cc2)C(=O)c2ccc3c(c2)CCC(C)(C)O3)cc(CO)c1CO. The van der Waals surface area contributed by atoms with Gasteiger partial charge < -0.3 is 19.7 Å². The molecule has 0 bridgehead atoms. The first-order chi connectivity index (χ1) is 18.0. The van der Waals surface area contributed by atoms with Gasteiger partial charge in [0, 0.05) is 11.1 Å². The van der Waals surface area contributed by atoms with E-state index in [2.05, 4.69) is 0 Å². The van der Waals surface area contributed by atoms with Crippen molar-refractivity contribution in [1.82, 2.24) is 0 Å². The summed E-state index contributed by atoms with van der Waals surface area (Å²) in [6.07, 6.45) is -0.115. The minimum absolute atomic E-state index is 0.0942. The Morgan fingerprint density at radius 3 is 2.39 bits per heavy atom. The molecule has 0 spiro atoms. The van der Waals surface area contributed by atoms with Crippen LogP contribution in [-0.2, 0) is 33.9 Å². The Morgan fingerprint density at radius 2 is 1.76 bits per heavy atom. The number of aliphatic hydroxyl groups excluding tert-OH is 2. The molecule has 4 rings (SSSR count). The highest BCUT2D eigenvalue weighted by Crippen LogP contribution is 2.37. The van der Waals surface area contributed by atoms with Crippen molar-refractivity contribution in [2.24, 2.45) is 0 Å². The van der Waals surface area contributed by atoms with Crippen LogP contribution in [0.5, 0.6) is 11.5 Å². The largest absolute Gasteiger partial charge is 0.496 e. The number of fused-ring (bicyclic) bond motifs is 1. The number of ketones is 1. The van der Waals surface area contributed by atoms with E-state index in [1.165, 1.54) is 31.4 Å². The zero-order valence-electron chi connectivity index (χ0n) is 21.9. The molecule has 0 saturated heterocycles. The lowest BCUT2D eigenvalue weighted by Crippen LogP contribution is -2.32. The van der Waals surface area contributed by atoms with Crippen LogP contribution in [0.4, 0.5) is 0 Å². The lowest BCUT2D eigenvalue weighted by molar-refractivity contribution is 0.0795. The second kappa shape index (κ2) is 10.9. The molecule has 3 aromatic carbocycles. The van der Waals surface area contributed by atoms with Gasteiger partial charge in [-0.3, -0.25) is 4.79 Å². The van der Waals surface area contributed by atoms with Crippen molar-refractivity contribution in [3.05, 3.63) is 88.0 Å². The third-order valence-electron chi connectivity index (χ3n) is 6.67. The number of carbonyl (C=O) groups is 1. The number of hydrogen-bond donors (Lipinski definition) is 2. The van der Waals surface area contributed by atoms with Crippen LogP contribution in [0, 0.1) is 6.92 Å². The van der Waals surface area contributed by atoms with E-state index in [0.29, 0.717) is 17.7 Å². The standard InChI is InChI=1S/C29H32O8S/c1-18-5-8-23(9-6-18)38(33,34)37-28(21-14-22(16-30)24(17-31)26(15-21)35-4)27(32)20-7-10-25-19(13-20)11-12-29(2,3)36-25/h5-10,13-15,28,30-31H,11-12,16-17H2,1-4H3. The summed E-state index contributed by atoms with van der Waals surface area (Å²) in [4.78, 5) is 13.8. The summed E-state index contributed by atoms with van der Waals surface area (Å²) in [5.74, 6) is 0.291. The summed E-state index contributed by atoms with van der Waals surface area (Å²) in [5, 5.41) is 19.7. The molecule has 0 aliphatic carbocycles. The van der Waals surface area contributed by atoms with Gasteiger partial charge in [0.2, 0.25) is 0 Å². The average Bonchev–Trinajstić information content (AvgIpc) is 2.90. The number of aryl methyl sites for hydroxylation is 2. The number of methoxy groups -OCH3 is 1. The van der Waals surface area contributed by atoms with E-state index in [1.807, 2.05) is 20.8 Å². The van der Waals surface area contributed by atoms with E-state index in [0.717, 1.165) is 17.5 Å². The molecular formula is C29H32O8S. The highest BCUT2D eigenvalue weighted by molar-refractivity contribution is 7.86. The van der Waals surface area contributed by atoms with Crippen molar-refractivity contribution >= 4 is 15.9 Å². The maximum absolute atomic E-state index is 13.9. The molecule has 8 nitrogen and oxygen atoms in total. The molecule has 0 radical (unpaired) electrons. The van der Waals surface area contributed by atoms with Crippen LogP contribution in [0.1, 0.15) is 64.5 Å². The summed E-state index contributed by atoms with van der Waals surface area (Å²) in [6, 6.07) is 14.0. The van der Waals surface area contributed by atoms with Gasteiger partial charge in [-0.25, -0.2) is 4.18 Å².